The third kappa shape index (κ3) is 4.82. The number of pyridine rings is 1. The summed E-state index contributed by atoms with van der Waals surface area (Å²) in [7, 11) is 4.57. The van der Waals surface area contributed by atoms with Crippen molar-refractivity contribution in [2.45, 2.75) is 6.61 Å². The van der Waals surface area contributed by atoms with Gasteiger partial charge in [-0.3, -0.25) is 9.78 Å². The van der Waals surface area contributed by atoms with E-state index in [1.165, 1.54) is 21.3 Å². The number of amides is 1. The first kappa shape index (κ1) is 22.0. The van der Waals surface area contributed by atoms with Crippen LogP contribution in [0.4, 0.5) is 5.69 Å². The van der Waals surface area contributed by atoms with E-state index < -0.39 is 0 Å². The van der Waals surface area contributed by atoms with Gasteiger partial charge in [-0.2, -0.15) is 0 Å². The zero-order chi connectivity index (χ0) is 23.2. The lowest BCUT2D eigenvalue weighted by atomic mass is 10.1. The minimum atomic E-state index is -0.290. The number of nitrogens with zero attached hydrogens (tertiary/aromatic N) is 1. The Labute approximate surface area is 191 Å². The molecule has 3 aromatic carbocycles. The lowest BCUT2D eigenvalue weighted by Crippen LogP contribution is -2.12. The average molecular weight is 444 g/mol. The predicted octanol–water partition coefficient (Wildman–Crippen LogP) is 5.09. The van der Waals surface area contributed by atoms with Gasteiger partial charge < -0.3 is 24.3 Å². The van der Waals surface area contributed by atoms with Crippen LogP contribution in [-0.4, -0.2) is 32.2 Å². The number of carbonyl (C=O) groups is 1. The lowest BCUT2D eigenvalue weighted by molar-refractivity contribution is 0.102. The largest absolute Gasteiger partial charge is 0.493 e. The van der Waals surface area contributed by atoms with E-state index in [4.69, 9.17) is 18.9 Å². The Hall–Kier alpha value is -4.26. The van der Waals surface area contributed by atoms with Crippen LogP contribution in [0.5, 0.6) is 23.0 Å². The van der Waals surface area contributed by atoms with Crippen LogP contribution in [0.25, 0.3) is 10.8 Å². The van der Waals surface area contributed by atoms with Gasteiger partial charge >= 0.3 is 0 Å². The molecule has 0 saturated carbocycles. The number of anilines is 1. The van der Waals surface area contributed by atoms with E-state index in [9.17, 15) is 4.79 Å². The first-order chi connectivity index (χ1) is 16.1. The first-order valence-corrected chi connectivity index (χ1v) is 10.3. The van der Waals surface area contributed by atoms with Gasteiger partial charge in [-0.05, 0) is 23.6 Å². The van der Waals surface area contributed by atoms with Gasteiger partial charge in [-0.15, -0.1) is 0 Å². The van der Waals surface area contributed by atoms with Crippen molar-refractivity contribution in [3.63, 3.8) is 0 Å². The molecule has 0 aliphatic carbocycles. The van der Waals surface area contributed by atoms with Gasteiger partial charge in [0.05, 0.1) is 21.3 Å². The van der Waals surface area contributed by atoms with Crippen LogP contribution < -0.4 is 24.3 Å². The summed E-state index contributed by atoms with van der Waals surface area (Å²) in [6.07, 6.45) is 3.62. The highest BCUT2D eigenvalue weighted by molar-refractivity contribution is 6.04. The van der Waals surface area contributed by atoms with Gasteiger partial charge in [0, 0.05) is 46.7 Å². The summed E-state index contributed by atoms with van der Waals surface area (Å²) >= 11 is 0. The van der Waals surface area contributed by atoms with Crippen LogP contribution in [0.2, 0.25) is 0 Å². The highest BCUT2D eigenvalue weighted by Crippen LogP contribution is 2.40. The van der Waals surface area contributed by atoms with Crippen LogP contribution in [0.15, 0.2) is 73.1 Å². The molecule has 1 amide bonds. The molecule has 0 aliphatic heterocycles. The van der Waals surface area contributed by atoms with Crippen molar-refractivity contribution in [2.24, 2.45) is 0 Å². The summed E-state index contributed by atoms with van der Waals surface area (Å²) in [6.45, 7) is 0.340. The zero-order valence-corrected chi connectivity index (χ0v) is 18.6. The standard InChI is InChI=1S/C26H24N2O5/c1-30-23-12-20(13-24(31-2)25(23)32-3)28-26(29)17-8-6-9-21(11-17)33-16-19-15-27-14-18-7-4-5-10-22(18)19/h4-15H,16H2,1-3H3,(H,28,29). The van der Waals surface area contributed by atoms with Gasteiger partial charge in [0.15, 0.2) is 11.5 Å². The summed E-state index contributed by atoms with van der Waals surface area (Å²) in [5.74, 6) is 1.65. The van der Waals surface area contributed by atoms with Gasteiger partial charge in [-0.1, -0.05) is 30.3 Å². The molecule has 168 valence electrons. The van der Waals surface area contributed by atoms with E-state index in [-0.39, 0.29) is 5.91 Å². The number of nitrogens with one attached hydrogen (secondary N) is 1. The fourth-order valence-corrected chi connectivity index (χ4v) is 3.54. The van der Waals surface area contributed by atoms with Crippen molar-refractivity contribution in [2.75, 3.05) is 26.6 Å². The van der Waals surface area contributed by atoms with Crippen LogP contribution in [0.3, 0.4) is 0 Å². The summed E-state index contributed by atoms with van der Waals surface area (Å²) < 4.78 is 22.0. The second-order valence-electron chi connectivity index (χ2n) is 7.20. The monoisotopic (exact) mass is 444 g/mol. The predicted molar refractivity (Wildman–Crippen MR) is 127 cm³/mol. The fraction of sp³-hybridized carbons (Fsp3) is 0.154. The number of methoxy groups -OCH3 is 3. The number of hydrogen-bond acceptors (Lipinski definition) is 6. The van der Waals surface area contributed by atoms with E-state index in [0.717, 1.165) is 16.3 Å². The number of ether oxygens (including phenoxy) is 4. The zero-order valence-electron chi connectivity index (χ0n) is 18.6. The molecule has 0 unspecified atom stereocenters. The first-order valence-electron chi connectivity index (χ1n) is 10.3. The molecule has 1 aromatic heterocycles. The molecule has 0 fully saturated rings. The van der Waals surface area contributed by atoms with Crippen molar-refractivity contribution in [1.29, 1.82) is 0 Å². The minimum absolute atomic E-state index is 0.290. The summed E-state index contributed by atoms with van der Waals surface area (Å²) in [6, 6.07) is 18.4. The highest BCUT2D eigenvalue weighted by atomic mass is 16.5. The summed E-state index contributed by atoms with van der Waals surface area (Å²) in [5, 5.41) is 5.00. The van der Waals surface area contributed by atoms with Gasteiger partial charge in [-0.25, -0.2) is 0 Å². The summed E-state index contributed by atoms with van der Waals surface area (Å²) in [5.41, 5.74) is 1.94. The molecule has 0 radical (unpaired) electrons. The Morgan fingerprint density at radius 1 is 0.879 bits per heavy atom. The molecule has 1 heterocycles. The molecule has 7 nitrogen and oxygen atoms in total. The van der Waals surface area contributed by atoms with Crippen LogP contribution >= 0.6 is 0 Å². The topological polar surface area (TPSA) is 78.9 Å². The Morgan fingerprint density at radius 3 is 2.36 bits per heavy atom. The molecule has 0 aliphatic rings. The van der Waals surface area contributed by atoms with Crippen molar-refractivity contribution in [3.8, 4) is 23.0 Å². The molecule has 0 saturated heterocycles. The van der Waals surface area contributed by atoms with Crippen LogP contribution in [-0.2, 0) is 6.61 Å². The molecule has 4 rings (SSSR count). The number of benzene rings is 3. The second kappa shape index (κ2) is 9.91. The fourth-order valence-electron chi connectivity index (χ4n) is 3.54. The number of rotatable bonds is 8. The Bertz CT molecular complexity index is 1260. The minimum Gasteiger partial charge on any atom is -0.493 e. The molecular weight excluding hydrogens is 420 g/mol. The van der Waals surface area contributed by atoms with Gasteiger partial charge in [0.1, 0.15) is 12.4 Å². The quantitative estimate of drug-likeness (QED) is 0.408. The van der Waals surface area contributed by atoms with E-state index in [2.05, 4.69) is 10.3 Å². The second-order valence-corrected chi connectivity index (χ2v) is 7.20. The number of aromatic nitrogens is 1. The maximum absolute atomic E-state index is 12.9. The molecule has 0 atom stereocenters. The molecule has 0 bridgehead atoms. The van der Waals surface area contributed by atoms with Crippen molar-refractivity contribution >= 4 is 22.4 Å². The highest BCUT2D eigenvalue weighted by Gasteiger charge is 2.15. The van der Waals surface area contributed by atoms with Gasteiger partial charge in [0.25, 0.3) is 5.91 Å². The lowest BCUT2D eigenvalue weighted by Gasteiger charge is -2.15. The molecule has 33 heavy (non-hydrogen) atoms. The van der Waals surface area contributed by atoms with E-state index in [1.807, 2.05) is 36.5 Å². The summed E-state index contributed by atoms with van der Waals surface area (Å²) in [4.78, 5) is 17.2. The third-order valence-corrected chi connectivity index (χ3v) is 5.16. The number of hydrogen-bond donors (Lipinski definition) is 1. The Kier molecular flexibility index (Phi) is 6.59. The molecule has 4 aromatic rings. The molecule has 1 N–H and O–H groups in total. The number of carbonyl (C=O) groups excluding carboxylic acids is 1. The number of fused-ring (bicyclic) bond motifs is 1. The van der Waals surface area contributed by atoms with Crippen molar-refractivity contribution in [1.82, 2.24) is 4.98 Å². The van der Waals surface area contributed by atoms with Crippen molar-refractivity contribution in [3.05, 3.63) is 84.2 Å². The SMILES string of the molecule is COc1cc(NC(=O)c2cccc(OCc3cncc4ccccc34)c2)cc(OC)c1OC. The smallest absolute Gasteiger partial charge is 0.255 e. The maximum Gasteiger partial charge on any atom is 0.255 e. The van der Waals surface area contributed by atoms with E-state index in [1.54, 1.807) is 36.5 Å². The van der Waals surface area contributed by atoms with E-state index in [0.29, 0.717) is 40.9 Å². The Balaban J connectivity index is 1.50. The maximum atomic E-state index is 12.9. The normalized spacial score (nSPS) is 10.5. The molecular formula is C26H24N2O5. The molecule has 0 spiro atoms. The van der Waals surface area contributed by atoms with Gasteiger partial charge in [0.2, 0.25) is 5.75 Å². The van der Waals surface area contributed by atoms with Crippen LogP contribution in [0.1, 0.15) is 15.9 Å². The third-order valence-electron chi connectivity index (χ3n) is 5.16. The molecule has 7 heteroatoms. The Morgan fingerprint density at radius 2 is 1.64 bits per heavy atom. The van der Waals surface area contributed by atoms with Crippen molar-refractivity contribution < 1.29 is 23.7 Å². The average Bonchev–Trinajstić information content (AvgIpc) is 2.86. The van der Waals surface area contributed by atoms with E-state index >= 15 is 0 Å². The van der Waals surface area contributed by atoms with Crippen LogP contribution in [0, 0.1) is 0 Å².